The van der Waals surface area contributed by atoms with E-state index in [9.17, 15) is 14.0 Å². The molecule has 1 aromatic carbocycles. The molecule has 2 rings (SSSR count). The van der Waals surface area contributed by atoms with E-state index < -0.39 is 11.9 Å². The van der Waals surface area contributed by atoms with Gasteiger partial charge in [-0.3, -0.25) is 14.5 Å². The topological polar surface area (TPSA) is 70.7 Å². The number of benzene rings is 1. The van der Waals surface area contributed by atoms with Crippen molar-refractivity contribution in [2.24, 2.45) is 0 Å². The first-order valence-electron chi connectivity index (χ1n) is 9.19. The molecule has 1 aromatic rings. The lowest BCUT2D eigenvalue weighted by Gasteiger charge is -2.32. The highest BCUT2D eigenvalue weighted by molar-refractivity contribution is 5.81. The predicted molar refractivity (Wildman–Crippen MR) is 97.4 cm³/mol. The van der Waals surface area contributed by atoms with Crippen LogP contribution in [0.25, 0.3) is 0 Å². The SMILES string of the molecule is CCCNC(=O)CN1CCC(NC(=O)C(C)Oc2cccc(F)c2)CC1. The molecule has 0 spiro atoms. The van der Waals surface area contributed by atoms with Gasteiger partial charge in [0.05, 0.1) is 6.54 Å². The van der Waals surface area contributed by atoms with Gasteiger partial charge in [-0.25, -0.2) is 4.39 Å². The summed E-state index contributed by atoms with van der Waals surface area (Å²) in [7, 11) is 0. The van der Waals surface area contributed by atoms with Crippen molar-refractivity contribution < 1.29 is 18.7 Å². The van der Waals surface area contributed by atoms with Crippen LogP contribution in [0.2, 0.25) is 0 Å². The zero-order valence-electron chi connectivity index (χ0n) is 15.5. The van der Waals surface area contributed by atoms with Crippen LogP contribution >= 0.6 is 0 Å². The lowest BCUT2D eigenvalue weighted by Crippen LogP contribution is -2.49. The summed E-state index contributed by atoms with van der Waals surface area (Å²) in [6, 6.07) is 5.81. The zero-order chi connectivity index (χ0) is 18.9. The molecule has 1 aliphatic rings. The summed E-state index contributed by atoms with van der Waals surface area (Å²) in [5.41, 5.74) is 0. The molecule has 26 heavy (non-hydrogen) atoms. The minimum Gasteiger partial charge on any atom is -0.481 e. The second kappa shape index (κ2) is 10.1. The summed E-state index contributed by atoms with van der Waals surface area (Å²) in [4.78, 5) is 26.1. The molecule has 0 radical (unpaired) electrons. The van der Waals surface area contributed by atoms with E-state index in [2.05, 4.69) is 15.5 Å². The molecule has 0 aromatic heterocycles. The fourth-order valence-electron chi connectivity index (χ4n) is 2.88. The summed E-state index contributed by atoms with van der Waals surface area (Å²) in [5, 5.41) is 5.85. The Kier molecular flexibility index (Phi) is 7.84. The first-order valence-corrected chi connectivity index (χ1v) is 9.19. The van der Waals surface area contributed by atoms with E-state index in [-0.39, 0.29) is 17.9 Å². The number of amides is 2. The van der Waals surface area contributed by atoms with E-state index in [0.29, 0.717) is 18.8 Å². The Hall–Kier alpha value is -2.15. The van der Waals surface area contributed by atoms with Gasteiger partial charge in [-0.15, -0.1) is 0 Å². The molecule has 1 aliphatic heterocycles. The van der Waals surface area contributed by atoms with E-state index in [1.54, 1.807) is 19.1 Å². The van der Waals surface area contributed by atoms with Gasteiger partial charge in [-0.05, 0) is 38.3 Å². The minimum atomic E-state index is -0.699. The molecule has 0 bridgehead atoms. The van der Waals surface area contributed by atoms with Gasteiger partial charge in [-0.1, -0.05) is 13.0 Å². The quantitative estimate of drug-likeness (QED) is 0.736. The Morgan fingerprint density at radius 3 is 2.73 bits per heavy atom. The molecule has 2 amide bonds. The summed E-state index contributed by atoms with van der Waals surface area (Å²) < 4.78 is 18.7. The number of ether oxygens (including phenoxy) is 1. The van der Waals surface area contributed by atoms with Crippen molar-refractivity contribution in [3.63, 3.8) is 0 Å². The van der Waals surface area contributed by atoms with Crippen LogP contribution in [-0.4, -0.2) is 55.0 Å². The summed E-state index contributed by atoms with van der Waals surface area (Å²) in [6.45, 7) is 6.31. The van der Waals surface area contributed by atoms with E-state index in [1.807, 2.05) is 6.92 Å². The van der Waals surface area contributed by atoms with E-state index in [4.69, 9.17) is 4.74 Å². The van der Waals surface area contributed by atoms with Crippen LogP contribution in [-0.2, 0) is 9.59 Å². The van der Waals surface area contributed by atoms with Crippen molar-refractivity contribution in [1.82, 2.24) is 15.5 Å². The first-order chi connectivity index (χ1) is 12.5. The van der Waals surface area contributed by atoms with Crippen molar-refractivity contribution in [2.45, 2.75) is 45.3 Å². The maximum atomic E-state index is 13.2. The van der Waals surface area contributed by atoms with Crippen LogP contribution in [0, 0.1) is 5.82 Å². The highest BCUT2D eigenvalue weighted by Crippen LogP contribution is 2.15. The van der Waals surface area contributed by atoms with Gasteiger partial charge in [0.1, 0.15) is 11.6 Å². The number of likely N-dealkylation sites (tertiary alicyclic amines) is 1. The number of nitrogens with one attached hydrogen (secondary N) is 2. The molecule has 1 fully saturated rings. The third-order valence-electron chi connectivity index (χ3n) is 4.35. The Morgan fingerprint density at radius 1 is 1.35 bits per heavy atom. The first kappa shape index (κ1) is 20.2. The lowest BCUT2D eigenvalue weighted by molar-refractivity contribution is -0.128. The summed E-state index contributed by atoms with van der Waals surface area (Å²) in [6.07, 6.45) is 1.81. The van der Waals surface area contributed by atoms with E-state index in [0.717, 1.165) is 32.4 Å². The number of carbonyl (C=O) groups is 2. The molecule has 0 aliphatic carbocycles. The smallest absolute Gasteiger partial charge is 0.260 e. The molecule has 1 saturated heterocycles. The molecule has 1 atom stereocenters. The molecule has 6 nitrogen and oxygen atoms in total. The maximum Gasteiger partial charge on any atom is 0.260 e. The van der Waals surface area contributed by atoms with Crippen molar-refractivity contribution in [2.75, 3.05) is 26.2 Å². The molecule has 144 valence electrons. The van der Waals surface area contributed by atoms with Gasteiger partial charge >= 0.3 is 0 Å². The van der Waals surface area contributed by atoms with Crippen LogP contribution in [0.5, 0.6) is 5.75 Å². The number of halogens is 1. The van der Waals surface area contributed by atoms with Crippen LogP contribution < -0.4 is 15.4 Å². The number of hydrogen-bond acceptors (Lipinski definition) is 4. The largest absolute Gasteiger partial charge is 0.481 e. The third kappa shape index (κ3) is 6.63. The monoisotopic (exact) mass is 365 g/mol. The highest BCUT2D eigenvalue weighted by atomic mass is 19.1. The van der Waals surface area contributed by atoms with Gasteiger partial charge in [0.25, 0.3) is 5.91 Å². The molecule has 7 heteroatoms. The summed E-state index contributed by atoms with van der Waals surface area (Å²) in [5.74, 6) is -0.231. The Morgan fingerprint density at radius 2 is 2.08 bits per heavy atom. The van der Waals surface area contributed by atoms with Crippen LogP contribution in [0.4, 0.5) is 4.39 Å². The van der Waals surface area contributed by atoms with Crippen molar-refractivity contribution in [3.05, 3.63) is 30.1 Å². The van der Waals surface area contributed by atoms with Gasteiger partial charge in [0.15, 0.2) is 6.10 Å². The standard InChI is InChI=1S/C19H28FN3O3/c1-3-9-21-18(24)13-23-10-7-16(8-11-23)22-19(25)14(2)26-17-6-4-5-15(20)12-17/h4-6,12,14,16H,3,7-11,13H2,1-2H3,(H,21,24)(H,22,25). The number of nitrogens with zero attached hydrogens (tertiary/aromatic N) is 1. The molecular weight excluding hydrogens is 337 g/mol. The lowest BCUT2D eigenvalue weighted by atomic mass is 10.0. The van der Waals surface area contributed by atoms with Gasteiger partial charge in [0.2, 0.25) is 5.91 Å². The van der Waals surface area contributed by atoms with Gasteiger partial charge in [0, 0.05) is 31.7 Å². The number of carbonyl (C=O) groups excluding carboxylic acids is 2. The van der Waals surface area contributed by atoms with Crippen LogP contribution in [0.1, 0.15) is 33.1 Å². The van der Waals surface area contributed by atoms with Crippen molar-refractivity contribution in [1.29, 1.82) is 0 Å². The van der Waals surface area contributed by atoms with E-state index in [1.165, 1.54) is 12.1 Å². The number of rotatable bonds is 8. The maximum absolute atomic E-state index is 13.2. The van der Waals surface area contributed by atoms with E-state index >= 15 is 0 Å². The predicted octanol–water partition coefficient (Wildman–Crippen LogP) is 1.70. The molecule has 1 unspecified atom stereocenters. The fraction of sp³-hybridized carbons (Fsp3) is 0.579. The zero-order valence-corrected chi connectivity index (χ0v) is 15.5. The van der Waals surface area contributed by atoms with Gasteiger partial charge in [-0.2, -0.15) is 0 Å². The second-order valence-corrected chi connectivity index (χ2v) is 6.63. The Bertz CT molecular complexity index is 603. The molecule has 1 heterocycles. The third-order valence-corrected chi connectivity index (χ3v) is 4.35. The van der Waals surface area contributed by atoms with Crippen molar-refractivity contribution >= 4 is 11.8 Å². The average Bonchev–Trinajstić information content (AvgIpc) is 2.61. The summed E-state index contributed by atoms with van der Waals surface area (Å²) >= 11 is 0. The number of hydrogen-bond donors (Lipinski definition) is 2. The molecule has 2 N–H and O–H groups in total. The van der Waals surface area contributed by atoms with Crippen LogP contribution in [0.3, 0.4) is 0 Å². The van der Waals surface area contributed by atoms with Crippen LogP contribution in [0.15, 0.2) is 24.3 Å². The highest BCUT2D eigenvalue weighted by Gasteiger charge is 2.24. The normalized spacial score (nSPS) is 16.7. The average molecular weight is 365 g/mol. The second-order valence-electron chi connectivity index (χ2n) is 6.63. The minimum absolute atomic E-state index is 0.0476. The number of piperidine rings is 1. The Balaban J connectivity index is 1.71. The fourth-order valence-corrected chi connectivity index (χ4v) is 2.88. The molecular formula is C19H28FN3O3. The molecule has 0 saturated carbocycles. The Labute approximate surface area is 154 Å². The van der Waals surface area contributed by atoms with Gasteiger partial charge < -0.3 is 15.4 Å². The van der Waals surface area contributed by atoms with Crippen molar-refractivity contribution in [3.8, 4) is 5.75 Å².